The SMILES string of the molecule is Cc1cc(C)c(-c2ccc(-c3cc(-c4cccc(-n5c6ccc(C(C)(C)C)cc6c6cc(C(C)(C)C)ccc65)c4)c(-c4ccc(-c5c(C)cc(C)cc5C)cc4)cc3-c3cccc(-n4c5ccc(C(C)(C)C)cc5c5cc(C(C)(C)C)ccc54)c3)cc2)c(C)c1. The quantitative estimate of drug-likeness (QED) is 0.144. The molecule has 0 saturated carbocycles. The highest BCUT2D eigenvalue weighted by Gasteiger charge is 2.26. The summed E-state index contributed by atoms with van der Waals surface area (Å²) in [6.07, 6.45) is 0. The van der Waals surface area contributed by atoms with Crippen LogP contribution in [0.25, 0.3) is 122 Å². The minimum Gasteiger partial charge on any atom is -0.309 e. The Morgan fingerprint density at radius 3 is 0.756 bits per heavy atom. The van der Waals surface area contributed by atoms with Gasteiger partial charge in [-0.05, 0) is 259 Å². The smallest absolute Gasteiger partial charge is 0.0541 e. The Bertz CT molecular complexity index is 4490. The number of fused-ring (bicyclic) bond motifs is 6. The monoisotopic (exact) mass is 1170 g/mol. The van der Waals surface area contributed by atoms with E-state index < -0.39 is 0 Å². The van der Waals surface area contributed by atoms with Gasteiger partial charge in [0.15, 0.2) is 0 Å². The average Bonchev–Trinajstić information content (AvgIpc) is 1.57. The predicted molar refractivity (Wildman–Crippen MR) is 391 cm³/mol. The summed E-state index contributed by atoms with van der Waals surface area (Å²) in [4.78, 5) is 0. The van der Waals surface area contributed by atoms with Crippen LogP contribution in [0, 0.1) is 41.5 Å². The van der Waals surface area contributed by atoms with Crippen LogP contribution in [-0.2, 0) is 21.7 Å². The van der Waals surface area contributed by atoms with Gasteiger partial charge < -0.3 is 9.13 Å². The van der Waals surface area contributed by atoms with Crippen LogP contribution in [0.3, 0.4) is 0 Å². The van der Waals surface area contributed by atoms with Crippen molar-refractivity contribution in [2.24, 2.45) is 0 Å². The molecule has 13 rings (SSSR count). The largest absolute Gasteiger partial charge is 0.309 e. The maximum absolute atomic E-state index is 2.51. The first-order chi connectivity index (χ1) is 42.6. The Morgan fingerprint density at radius 2 is 0.489 bits per heavy atom. The van der Waals surface area contributed by atoms with Crippen molar-refractivity contribution < 1.29 is 0 Å². The number of hydrogen-bond donors (Lipinski definition) is 0. The molecule has 2 heterocycles. The number of rotatable bonds is 8. The molecular formula is C88H88N2. The predicted octanol–water partition coefficient (Wildman–Crippen LogP) is 24.9. The first kappa shape index (κ1) is 60.0. The van der Waals surface area contributed by atoms with E-state index in [1.165, 1.54) is 155 Å². The van der Waals surface area contributed by atoms with Gasteiger partial charge in [0.05, 0.1) is 22.1 Å². The van der Waals surface area contributed by atoms with Crippen LogP contribution in [-0.4, -0.2) is 9.13 Å². The summed E-state index contributed by atoms with van der Waals surface area (Å²) in [5, 5.41) is 5.14. The zero-order valence-electron chi connectivity index (χ0n) is 56.5. The normalized spacial score (nSPS) is 12.6. The lowest BCUT2D eigenvalue weighted by atomic mass is 9.84. The molecular weight excluding hydrogens is 1080 g/mol. The third-order valence-electron chi connectivity index (χ3n) is 19.3. The third-order valence-corrected chi connectivity index (χ3v) is 19.3. The van der Waals surface area contributed by atoms with Crippen LogP contribution in [0.5, 0.6) is 0 Å². The highest BCUT2D eigenvalue weighted by atomic mass is 15.0. The fraction of sp³-hybridized carbons (Fsp3) is 0.250. The summed E-state index contributed by atoms with van der Waals surface area (Å²) in [6, 6.07) is 80.4. The molecule has 0 aliphatic heterocycles. The average molecular weight is 1170 g/mol. The van der Waals surface area contributed by atoms with E-state index in [4.69, 9.17) is 0 Å². The highest BCUT2D eigenvalue weighted by molar-refractivity contribution is 6.11. The zero-order valence-corrected chi connectivity index (χ0v) is 56.5. The molecule has 450 valence electrons. The maximum Gasteiger partial charge on any atom is 0.0541 e. The van der Waals surface area contributed by atoms with Gasteiger partial charge in [-0.2, -0.15) is 0 Å². The number of nitrogens with zero attached hydrogens (tertiary/aromatic N) is 2. The first-order valence-electron chi connectivity index (χ1n) is 32.5. The Morgan fingerprint density at radius 1 is 0.233 bits per heavy atom. The van der Waals surface area contributed by atoms with Gasteiger partial charge in [-0.25, -0.2) is 0 Å². The fourth-order valence-electron chi connectivity index (χ4n) is 14.6. The molecule has 90 heavy (non-hydrogen) atoms. The molecule has 0 saturated heterocycles. The lowest BCUT2D eigenvalue weighted by Crippen LogP contribution is -2.10. The molecule has 0 N–H and O–H groups in total. The van der Waals surface area contributed by atoms with E-state index in [1.54, 1.807) is 0 Å². The summed E-state index contributed by atoms with van der Waals surface area (Å²) in [5.41, 5.74) is 34.6. The topological polar surface area (TPSA) is 9.86 Å². The summed E-state index contributed by atoms with van der Waals surface area (Å²) in [6.45, 7) is 41.2. The van der Waals surface area contributed by atoms with E-state index >= 15 is 0 Å². The van der Waals surface area contributed by atoms with Crippen molar-refractivity contribution in [2.45, 2.75) is 146 Å². The van der Waals surface area contributed by atoms with Crippen molar-refractivity contribution in [3.63, 3.8) is 0 Å². The second-order valence-corrected chi connectivity index (χ2v) is 30.3. The summed E-state index contributed by atoms with van der Waals surface area (Å²) < 4.78 is 5.01. The zero-order chi connectivity index (χ0) is 63.7. The Labute approximate surface area is 535 Å². The Hall–Kier alpha value is -8.98. The number of aryl methyl sites for hydroxylation is 6. The van der Waals surface area contributed by atoms with Crippen molar-refractivity contribution in [3.05, 3.63) is 262 Å². The summed E-state index contributed by atoms with van der Waals surface area (Å²) >= 11 is 0. The molecule has 0 fully saturated rings. The molecule has 13 aromatic rings. The number of hydrogen-bond acceptors (Lipinski definition) is 0. The van der Waals surface area contributed by atoms with E-state index in [1.807, 2.05) is 0 Å². The molecule has 2 heteroatoms. The van der Waals surface area contributed by atoms with Crippen LogP contribution in [0.15, 0.2) is 206 Å². The van der Waals surface area contributed by atoms with Crippen LogP contribution < -0.4 is 0 Å². The van der Waals surface area contributed by atoms with Crippen molar-refractivity contribution >= 4 is 43.6 Å². The Balaban J connectivity index is 1.07. The van der Waals surface area contributed by atoms with Crippen LogP contribution in [0.1, 0.15) is 139 Å². The standard InChI is InChI=1S/C88H88N2/c1-53-41-55(3)83(56(4)42-53)61-29-25-59(26-30-61)71-51-74(64-22-20-24-70(46-64)90-81-39-35-67(87(13,14)15)49-77(81)78-50-68(88(16,17)18)36-40-82(78)90)72(60-27-31-62(32-28-60)84-57(5)43-54(2)44-58(84)6)52-73(71)63-21-19-23-69(45-63)89-79-37-33-65(85(7,8)9)47-75(79)76-48-66(86(10,11)12)34-38-80(76)89/h19-52H,1-18H3. The second-order valence-electron chi connectivity index (χ2n) is 30.3. The fourth-order valence-corrected chi connectivity index (χ4v) is 14.6. The third kappa shape index (κ3) is 10.8. The molecule has 0 atom stereocenters. The molecule has 2 aromatic heterocycles. The van der Waals surface area contributed by atoms with E-state index in [2.05, 4.69) is 340 Å². The van der Waals surface area contributed by atoms with Crippen molar-refractivity contribution in [2.75, 3.05) is 0 Å². The van der Waals surface area contributed by atoms with E-state index in [9.17, 15) is 0 Å². The lowest BCUT2D eigenvalue weighted by molar-refractivity contribution is 0.590. The van der Waals surface area contributed by atoms with Gasteiger partial charge in [0.25, 0.3) is 0 Å². The van der Waals surface area contributed by atoms with Gasteiger partial charge in [0, 0.05) is 32.9 Å². The molecule has 2 nitrogen and oxygen atoms in total. The number of aromatic nitrogens is 2. The molecule has 0 amide bonds. The summed E-state index contributed by atoms with van der Waals surface area (Å²) in [7, 11) is 0. The number of benzene rings is 11. The van der Waals surface area contributed by atoms with Gasteiger partial charge in [-0.3, -0.25) is 0 Å². The van der Waals surface area contributed by atoms with Gasteiger partial charge in [0.1, 0.15) is 0 Å². The summed E-state index contributed by atoms with van der Waals surface area (Å²) in [5.74, 6) is 0. The highest BCUT2D eigenvalue weighted by Crippen LogP contribution is 2.47. The van der Waals surface area contributed by atoms with Crippen molar-refractivity contribution in [1.82, 2.24) is 9.13 Å². The van der Waals surface area contributed by atoms with Gasteiger partial charge in [0.2, 0.25) is 0 Å². The molecule has 0 aliphatic carbocycles. The molecule has 0 aliphatic rings. The molecule has 11 aromatic carbocycles. The van der Waals surface area contributed by atoms with Gasteiger partial charge >= 0.3 is 0 Å². The van der Waals surface area contributed by atoms with Crippen LogP contribution in [0.4, 0.5) is 0 Å². The van der Waals surface area contributed by atoms with Crippen LogP contribution >= 0.6 is 0 Å². The molecule has 0 bridgehead atoms. The molecule has 0 unspecified atom stereocenters. The lowest BCUT2D eigenvalue weighted by Gasteiger charge is -2.21. The van der Waals surface area contributed by atoms with E-state index in [0.29, 0.717) is 0 Å². The Kier molecular flexibility index (Phi) is 14.6. The molecule has 0 radical (unpaired) electrons. The van der Waals surface area contributed by atoms with Crippen molar-refractivity contribution in [1.29, 1.82) is 0 Å². The van der Waals surface area contributed by atoms with E-state index in [-0.39, 0.29) is 21.7 Å². The first-order valence-corrected chi connectivity index (χ1v) is 32.5. The van der Waals surface area contributed by atoms with E-state index in [0.717, 1.165) is 22.5 Å². The van der Waals surface area contributed by atoms with Gasteiger partial charge in [-0.15, -0.1) is 0 Å². The minimum atomic E-state index is -0.00138. The van der Waals surface area contributed by atoms with Crippen LogP contribution in [0.2, 0.25) is 0 Å². The maximum atomic E-state index is 2.51. The van der Waals surface area contributed by atoms with Gasteiger partial charge in [-0.1, -0.05) is 216 Å². The second kappa shape index (κ2) is 21.9. The molecule has 0 spiro atoms. The van der Waals surface area contributed by atoms with Crippen molar-refractivity contribution in [3.8, 4) is 78.1 Å². The minimum absolute atomic E-state index is 0.00138.